The number of carbonyl (C=O) groups excluding carboxylic acids is 1. The van der Waals surface area contributed by atoms with Crippen LogP contribution in [0.2, 0.25) is 0 Å². The van der Waals surface area contributed by atoms with Crippen LogP contribution in [-0.2, 0) is 0 Å². The molecule has 124 valence electrons. The highest BCUT2D eigenvalue weighted by molar-refractivity contribution is 5.94. The molecule has 0 aliphatic carbocycles. The number of hydrogen-bond donors (Lipinski definition) is 2. The third-order valence-corrected chi connectivity index (χ3v) is 3.30. The quantitative estimate of drug-likeness (QED) is 0.887. The number of ether oxygens (including phenoxy) is 1. The minimum absolute atomic E-state index is 0. The fourth-order valence-corrected chi connectivity index (χ4v) is 2.25. The highest BCUT2D eigenvalue weighted by Crippen LogP contribution is 2.22. The summed E-state index contributed by atoms with van der Waals surface area (Å²) >= 11 is 0. The topological polar surface area (TPSA) is 50.4 Å². The second-order valence-corrected chi connectivity index (χ2v) is 4.99. The summed E-state index contributed by atoms with van der Waals surface area (Å²) in [7, 11) is 0. The molecule has 1 aromatic carbocycles. The van der Waals surface area contributed by atoms with E-state index in [1.165, 1.54) is 12.1 Å². The standard InChI is InChI=1S/C14H17F3N2O2.ClH/c15-14(16,17)21-12-5-3-11(4-6-12)13(20)19-9-10-2-1-7-18-8-10;/h3-6,10,18H,1-2,7-9H2,(H,19,20);1H. The molecule has 22 heavy (non-hydrogen) atoms. The third kappa shape index (κ3) is 6.11. The molecule has 2 rings (SSSR count). The van der Waals surface area contributed by atoms with Crippen molar-refractivity contribution >= 4 is 18.3 Å². The summed E-state index contributed by atoms with van der Waals surface area (Å²) in [5.41, 5.74) is 0.313. The Morgan fingerprint density at radius 1 is 1.32 bits per heavy atom. The zero-order valence-corrected chi connectivity index (χ0v) is 12.6. The third-order valence-electron chi connectivity index (χ3n) is 3.30. The zero-order valence-electron chi connectivity index (χ0n) is 11.8. The summed E-state index contributed by atoms with van der Waals surface area (Å²) in [6.07, 6.45) is -2.58. The van der Waals surface area contributed by atoms with Crippen molar-refractivity contribution in [3.8, 4) is 5.75 Å². The summed E-state index contributed by atoms with van der Waals surface area (Å²) in [5.74, 6) is -0.231. The maximum atomic E-state index is 12.0. The lowest BCUT2D eigenvalue weighted by atomic mass is 10.00. The summed E-state index contributed by atoms with van der Waals surface area (Å²) < 4.78 is 39.8. The number of rotatable bonds is 4. The van der Waals surface area contributed by atoms with Crippen molar-refractivity contribution in [2.24, 2.45) is 5.92 Å². The molecule has 1 aliphatic heterocycles. The molecule has 4 nitrogen and oxygen atoms in total. The summed E-state index contributed by atoms with van der Waals surface area (Å²) in [6, 6.07) is 4.89. The summed E-state index contributed by atoms with van der Waals surface area (Å²) in [4.78, 5) is 11.9. The molecular weight excluding hydrogens is 321 g/mol. The molecular formula is C14H18ClF3N2O2. The zero-order chi connectivity index (χ0) is 15.3. The van der Waals surface area contributed by atoms with Crippen molar-refractivity contribution in [3.05, 3.63) is 29.8 Å². The first kappa shape index (κ1) is 18.6. The predicted molar refractivity (Wildman–Crippen MR) is 78.3 cm³/mol. The van der Waals surface area contributed by atoms with Crippen LogP contribution in [0.4, 0.5) is 13.2 Å². The minimum Gasteiger partial charge on any atom is -0.406 e. The van der Waals surface area contributed by atoms with Crippen molar-refractivity contribution in [3.63, 3.8) is 0 Å². The van der Waals surface area contributed by atoms with E-state index in [9.17, 15) is 18.0 Å². The monoisotopic (exact) mass is 338 g/mol. The molecule has 1 aromatic rings. The van der Waals surface area contributed by atoms with Gasteiger partial charge in [-0.05, 0) is 56.1 Å². The van der Waals surface area contributed by atoms with Crippen molar-refractivity contribution in [2.45, 2.75) is 19.2 Å². The Morgan fingerprint density at radius 2 is 2.00 bits per heavy atom. The first-order valence-corrected chi connectivity index (χ1v) is 6.79. The fraction of sp³-hybridized carbons (Fsp3) is 0.500. The molecule has 0 bridgehead atoms. The summed E-state index contributed by atoms with van der Waals surface area (Å²) in [5, 5.41) is 6.05. The Morgan fingerprint density at radius 3 is 2.55 bits per heavy atom. The first-order valence-electron chi connectivity index (χ1n) is 6.79. The van der Waals surface area contributed by atoms with Crippen molar-refractivity contribution in [1.29, 1.82) is 0 Å². The molecule has 1 saturated heterocycles. The van der Waals surface area contributed by atoms with Crippen LogP contribution in [0.15, 0.2) is 24.3 Å². The van der Waals surface area contributed by atoms with Gasteiger partial charge in [0.1, 0.15) is 5.75 Å². The average Bonchev–Trinajstić information content (AvgIpc) is 2.45. The molecule has 8 heteroatoms. The number of carbonyl (C=O) groups is 1. The van der Waals surface area contributed by atoms with Gasteiger partial charge in [0, 0.05) is 12.1 Å². The van der Waals surface area contributed by atoms with E-state index in [1.54, 1.807) is 0 Å². The van der Waals surface area contributed by atoms with E-state index in [1.807, 2.05) is 0 Å². The average molecular weight is 339 g/mol. The van der Waals surface area contributed by atoms with Gasteiger partial charge < -0.3 is 15.4 Å². The number of halogens is 4. The lowest BCUT2D eigenvalue weighted by Gasteiger charge is -2.22. The highest BCUT2D eigenvalue weighted by Gasteiger charge is 2.31. The van der Waals surface area contributed by atoms with Gasteiger partial charge in [-0.25, -0.2) is 0 Å². The van der Waals surface area contributed by atoms with E-state index >= 15 is 0 Å². The molecule has 1 aliphatic rings. The van der Waals surface area contributed by atoms with Crippen molar-refractivity contribution < 1.29 is 22.7 Å². The Labute approximate surface area is 132 Å². The number of piperidine rings is 1. The Balaban J connectivity index is 0.00000242. The SMILES string of the molecule is Cl.O=C(NCC1CCCNC1)c1ccc(OC(F)(F)F)cc1. The van der Waals surface area contributed by atoms with Crippen LogP contribution in [0.5, 0.6) is 5.75 Å². The van der Waals surface area contributed by atoms with Crippen molar-refractivity contribution in [1.82, 2.24) is 10.6 Å². The fourth-order valence-electron chi connectivity index (χ4n) is 2.25. The summed E-state index contributed by atoms with van der Waals surface area (Å²) in [6.45, 7) is 2.44. The van der Waals surface area contributed by atoms with Crippen molar-refractivity contribution in [2.75, 3.05) is 19.6 Å². The normalized spacial score (nSPS) is 18.2. The van der Waals surface area contributed by atoms with Gasteiger partial charge in [0.2, 0.25) is 0 Å². The number of hydrogen-bond acceptors (Lipinski definition) is 3. The lowest BCUT2D eigenvalue weighted by molar-refractivity contribution is -0.274. The van der Waals surface area contributed by atoms with E-state index in [4.69, 9.17) is 0 Å². The molecule has 1 amide bonds. The first-order chi connectivity index (χ1) is 9.94. The molecule has 1 fully saturated rings. The molecule has 0 aromatic heterocycles. The van der Waals surface area contributed by atoms with Crippen LogP contribution in [0.3, 0.4) is 0 Å². The maximum Gasteiger partial charge on any atom is 0.573 e. The van der Waals surface area contributed by atoms with Gasteiger partial charge in [0.25, 0.3) is 5.91 Å². The van der Waals surface area contributed by atoms with Gasteiger partial charge in [0.05, 0.1) is 0 Å². The Bertz CT molecular complexity index is 474. The van der Waals surface area contributed by atoms with Crippen LogP contribution in [-0.4, -0.2) is 31.9 Å². The van der Waals surface area contributed by atoms with Crippen LogP contribution in [0.25, 0.3) is 0 Å². The maximum absolute atomic E-state index is 12.0. The molecule has 2 N–H and O–H groups in total. The Kier molecular flexibility index (Phi) is 6.96. The predicted octanol–water partition coefficient (Wildman–Crippen LogP) is 2.74. The molecule has 0 spiro atoms. The number of alkyl halides is 3. The van der Waals surface area contributed by atoms with Gasteiger partial charge in [-0.3, -0.25) is 4.79 Å². The van der Waals surface area contributed by atoms with Crippen LogP contribution < -0.4 is 15.4 Å². The molecule has 1 unspecified atom stereocenters. The van der Waals surface area contributed by atoms with Crippen LogP contribution >= 0.6 is 12.4 Å². The van der Waals surface area contributed by atoms with Crippen LogP contribution in [0, 0.1) is 5.92 Å². The van der Waals surface area contributed by atoms with E-state index in [-0.39, 0.29) is 24.1 Å². The smallest absolute Gasteiger partial charge is 0.406 e. The van der Waals surface area contributed by atoms with Gasteiger partial charge in [-0.15, -0.1) is 25.6 Å². The molecule has 1 atom stereocenters. The number of benzene rings is 1. The largest absolute Gasteiger partial charge is 0.573 e. The second-order valence-electron chi connectivity index (χ2n) is 4.99. The minimum atomic E-state index is -4.72. The van der Waals surface area contributed by atoms with E-state index < -0.39 is 6.36 Å². The van der Waals surface area contributed by atoms with Gasteiger partial charge in [0.15, 0.2) is 0 Å². The second kappa shape index (κ2) is 8.24. The van der Waals surface area contributed by atoms with E-state index in [2.05, 4.69) is 15.4 Å². The number of amides is 1. The lowest BCUT2D eigenvalue weighted by Crippen LogP contribution is -2.38. The Hall–Kier alpha value is -1.47. The van der Waals surface area contributed by atoms with E-state index in [0.717, 1.165) is 38.1 Å². The van der Waals surface area contributed by atoms with Gasteiger partial charge >= 0.3 is 6.36 Å². The highest BCUT2D eigenvalue weighted by atomic mass is 35.5. The molecule has 0 saturated carbocycles. The van der Waals surface area contributed by atoms with Crippen LogP contribution in [0.1, 0.15) is 23.2 Å². The number of nitrogens with one attached hydrogen (secondary N) is 2. The van der Waals surface area contributed by atoms with Gasteiger partial charge in [-0.2, -0.15) is 0 Å². The molecule has 1 heterocycles. The van der Waals surface area contributed by atoms with Gasteiger partial charge in [-0.1, -0.05) is 0 Å². The molecule has 0 radical (unpaired) electrons. The van der Waals surface area contributed by atoms with E-state index in [0.29, 0.717) is 18.0 Å².